The van der Waals surface area contributed by atoms with Gasteiger partial charge in [-0.15, -0.1) is 5.10 Å². The first-order valence-corrected chi connectivity index (χ1v) is 5.30. The van der Waals surface area contributed by atoms with E-state index in [1.54, 1.807) is 16.8 Å². The lowest BCUT2D eigenvalue weighted by atomic mass is 10.1. The molecule has 1 aromatic heterocycles. The van der Waals surface area contributed by atoms with Crippen molar-refractivity contribution in [2.45, 2.75) is 19.8 Å². The number of rotatable bonds is 3. The lowest BCUT2D eigenvalue weighted by Gasteiger charge is -2.09. The van der Waals surface area contributed by atoms with Crippen molar-refractivity contribution in [2.24, 2.45) is 0 Å². The van der Waals surface area contributed by atoms with E-state index in [2.05, 4.69) is 10.3 Å². The van der Waals surface area contributed by atoms with Crippen LogP contribution in [-0.2, 0) is 0 Å². The predicted octanol–water partition coefficient (Wildman–Crippen LogP) is 2.34. The Balaban J connectivity index is 2.55. The van der Waals surface area contributed by atoms with E-state index in [0.29, 0.717) is 17.7 Å². The van der Waals surface area contributed by atoms with Gasteiger partial charge in [-0.1, -0.05) is 19.1 Å². The first-order chi connectivity index (χ1) is 8.13. The molecular weight excluding hydrogens is 221 g/mol. The number of benzene rings is 1. The van der Waals surface area contributed by atoms with E-state index < -0.39 is 0 Å². The van der Waals surface area contributed by atoms with Crippen molar-refractivity contribution in [3.63, 3.8) is 0 Å². The van der Waals surface area contributed by atoms with E-state index in [0.717, 1.165) is 5.69 Å². The van der Waals surface area contributed by atoms with Crippen LogP contribution in [-0.4, -0.2) is 21.3 Å². The van der Waals surface area contributed by atoms with Crippen molar-refractivity contribution in [3.8, 4) is 5.69 Å². The van der Waals surface area contributed by atoms with Crippen LogP contribution in [0.25, 0.3) is 5.69 Å². The average Bonchev–Trinajstić information content (AvgIpc) is 2.73. The molecule has 88 valence electrons. The Labute approximate surface area is 98.1 Å². The van der Waals surface area contributed by atoms with Gasteiger partial charge in [-0.2, -0.15) is 0 Å². The molecule has 2 rings (SSSR count). The van der Waals surface area contributed by atoms with Gasteiger partial charge in [0.25, 0.3) is 0 Å². The van der Waals surface area contributed by atoms with Gasteiger partial charge in [0.05, 0.1) is 11.4 Å². The molecule has 0 radical (unpaired) electrons. The Morgan fingerprint density at radius 2 is 1.94 bits per heavy atom. The van der Waals surface area contributed by atoms with Crippen LogP contribution in [0.4, 0.5) is 4.39 Å². The monoisotopic (exact) mass is 233 g/mol. The Hall–Kier alpha value is -2.04. The number of carbonyl (C=O) groups excluding carboxylic acids is 1. The molecule has 5 heteroatoms. The number of nitrogens with zero attached hydrogens (tertiary/aromatic N) is 3. The first-order valence-electron chi connectivity index (χ1n) is 5.30. The van der Waals surface area contributed by atoms with Gasteiger partial charge in [0.2, 0.25) is 0 Å². The molecule has 0 bridgehead atoms. The van der Waals surface area contributed by atoms with E-state index in [4.69, 9.17) is 0 Å². The number of aldehydes is 1. The van der Waals surface area contributed by atoms with Crippen LogP contribution in [0.5, 0.6) is 0 Å². The summed E-state index contributed by atoms with van der Waals surface area (Å²) in [5, 5.41) is 7.73. The quantitative estimate of drug-likeness (QED) is 0.764. The summed E-state index contributed by atoms with van der Waals surface area (Å²) in [5.41, 5.74) is 1.74. The molecule has 0 unspecified atom stereocenters. The smallest absolute Gasteiger partial charge is 0.172 e. The molecule has 2 aromatic rings. The van der Waals surface area contributed by atoms with Gasteiger partial charge in [-0.3, -0.25) is 4.79 Å². The summed E-state index contributed by atoms with van der Waals surface area (Å²) in [4.78, 5) is 10.9. The molecule has 0 aliphatic carbocycles. The van der Waals surface area contributed by atoms with Gasteiger partial charge >= 0.3 is 0 Å². The van der Waals surface area contributed by atoms with Crippen molar-refractivity contribution in [2.75, 3.05) is 0 Å². The highest BCUT2D eigenvalue weighted by atomic mass is 19.1. The molecule has 4 nitrogen and oxygen atoms in total. The van der Waals surface area contributed by atoms with Crippen LogP contribution in [0, 0.1) is 5.82 Å². The second-order valence-electron chi connectivity index (χ2n) is 4.02. The summed E-state index contributed by atoms with van der Waals surface area (Å²) in [6, 6.07) is 5.90. The summed E-state index contributed by atoms with van der Waals surface area (Å²) in [7, 11) is 0. The summed E-state index contributed by atoms with van der Waals surface area (Å²) in [6.45, 7) is 3.90. The third-order valence-corrected chi connectivity index (χ3v) is 2.46. The molecule has 0 spiro atoms. The molecule has 0 amide bonds. The molecule has 0 fully saturated rings. The lowest BCUT2D eigenvalue weighted by molar-refractivity contribution is 0.111. The molecule has 17 heavy (non-hydrogen) atoms. The Bertz CT molecular complexity index is 531. The molecule has 0 atom stereocenters. The SMILES string of the molecule is CC(C)c1c(C=O)nnn1-c1ccc(F)cc1. The normalized spacial score (nSPS) is 10.8. The van der Waals surface area contributed by atoms with Gasteiger partial charge in [0.15, 0.2) is 6.29 Å². The van der Waals surface area contributed by atoms with Gasteiger partial charge in [-0.25, -0.2) is 9.07 Å². The van der Waals surface area contributed by atoms with Crippen molar-refractivity contribution < 1.29 is 9.18 Å². The zero-order valence-corrected chi connectivity index (χ0v) is 9.59. The maximum absolute atomic E-state index is 12.8. The van der Waals surface area contributed by atoms with E-state index >= 15 is 0 Å². The second kappa shape index (κ2) is 4.45. The highest BCUT2D eigenvalue weighted by molar-refractivity contribution is 5.73. The maximum atomic E-state index is 12.8. The standard InChI is InChI=1S/C12H12FN3O/c1-8(2)12-11(7-17)14-15-16(12)10-5-3-9(13)4-6-10/h3-8H,1-2H3. The van der Waals surface area contributed by atoms with E-state index in [1.165, 1.54) is 12.1 Å². The number of hydrogen-bond acceptors (Lipinski definition) is 3. The van der Waals surface area contributed by atoms with Crippen LogP contribution >= 0.6 is 0 Å². The molecule has 0 aliphatic rings. The molecule has 0 saturated heterocycles. The zero-order chi connectivity index (χ0) is 12.4. The largest absolute Gasteiger partial charge is 0.296 e. The predicted molar refractivity (Wildman–Crippen MR) is 60.8 cm³/mol. The fraction of sp³-hybridized carbons (Fsp3) is 0.250. The highest BCUT2D eigenvalue weighted by Gasteiger charge is 2.16. The Morgan fingerprint density at radius 1 is 1.29 bits per heavy atom. The molecule has 1 heterocycles. The Kier molecular flexibility index (Phi) is 2.99. The first kappa shape index (κ1) is 11.4. The highest BCUT2D eigenvalue weighted by Crippen LogP contribution is 2.20. The van der Waals surface area contributed by atoms with Crippen LogP contribution in [0.15, 0.2) is 24.3 Å². The third kappa shape index (κ3) is 2.08. The topological polar surface area (TPSA) is 47.8 Å². The summed E-state index contributed by atoms with van der Waals surface area (Å²) in [6.07, 6.45) is 0.683. The summed E-state index contributed by atoms with van der Waals surface area (Å²) in [5.74, 6) is -0.203. The number of aromatic nitrogens is 3. The van der Waals surface area contributed by atoms with Crippen LogP contribution in [0.2, 0.25) is 0 Å². The average molecular weight is 233 g/mol. The number of hydrogen-bond donors (Lipinski definition) is 0. The van der Waals surface area contributed by atoms with Gasteiger partial charge in [0, 0.05) is 0 Å². The minimum atomic E-state index is -0.310. The van der Waals surface area contributed by atoms with Crippen molar-refractivity contribution in [3.05, 3.63) is 41.5 Å². The summed E-state index contributed by atoms with van der Waals surface area (Å²) < 4.78 is 14.4. The van der Waals surface area contributed by atoms with E-state index in [9.17, 15) is 9.18 Å². The van der Waals surface area contributed by atoms with Gasteiger partial charge in [0.1, 0.15) is 11.5 Å². The fourth-order valence-electron chi connectivity index (χ4n) is 1.70. The molecule has 0 N–H and O–H groups in total. The van der Waals surface area contributed by atoms with Crippen molar-refractivity contribution in [1.82, 2.24) is 15.0 Å². The molecule has 0 aliphatic heterocycles. The molecule has 1 aromatic carbocycles. The van der Waals surface area contributed by atoms with Crippen LogP contribution in [0.1, 0.15) is 35.9 Å². The molecular formula is C12H12FN3O. The third-order valence-electron chi connectivity index (χ3n) is 2.46. The second-order valence-corrected chi connectivity index (χ2v) is 4.02. The minimum Gasteiger partial charge on any atom is -0.296 e. The van der Waals surface area contributed by atoms with Gasteiger partial charge in [-0.05, 0) is 30.2 Å². The van der Waals surface area contributed by atoms with E-state index in [-0.39, 0.29) is 11.7 Å². The zero-order valence-electron chi connectivity index (χ0n) is 9.59. The molecule has 0 saturated carbocycles. The maximum Gasteiger partial charge on any atom is 0.172 e. The van der Waals surface area contributed by atoms with E-state index in [1.807, 2.05) is 13.8 Å². The minimum absolute atomic E-state index is 0.107. The number of halogens is 1. The fourth-order valence-corrected chi connectivity index (χ4v) is 1.70. The summed E-state index contributed by atoms with van der Waals surface area (Å²) >= 11 is 0. The van der Waals surface area contributed by atoms with Crippen molar-refractivity contribution in [1.29, 1.82) is 0 Å². The van der Waals surface area contributed by atoms with Crippen LogP contribution in [0.3, 0.4) is 0 Å². The number of carbonyl (C=O) groups is 1. The van der Waals surface area contributed by atoms with Gasteiger partial charge < -0.3 is 0 Å². The van der Waals surface area contributed by atoms with Crippen molar-refractivity contribution >= 4 is 6.29 Å². The van der Waals surface area contributed by atoms with Crippen LogP contribution < -0.4 is 0 Å². The Morgan fingerprint density at radius 3 is 2.47 bits per heavy atom. The lowest BCUT2D eigenvalue weighted by Crippen LogP contribution is -2.05.